The number of aromatic nitrogens is 2. The van der Waals surface area contributed by atoms with Crippen molar-refractivity contribution in [2.24, 2.45) is 0 Å². The molecule has 0 amide bonds. The van der Waals surface area contributed by atoms with Crippen molar-refractivity contribution in [2.45, 2.75) is 19.8 Å². The van der Waals surface area contributed by atoms with Gasteiger partial charge in [0, 0.05) is 5.56 Å². The van der Waals surface area contributed by atoms with Crippen LogP contribution in [0.2, 0.25) is 5.02 Å². The number of para-hydroxylation sites is 1. The fourth-order valence-corrected chi connectivity index (χ4v) is 2.10. The van der Waals surface area contributed by atoms with Gasteiger partial charge in [0.15, 0.2) is 0 Å². The van der Waals surface area contributed by atoms with Gasteiger partial charge >= 0.3 is 0 Å². The number of hydrogen-bond donors (Lipinski definition) is 0. The number of carboxylic acids is 1. The number of aromatic carboxylic acids is 1. The summed E-state index contributed by atoms with van der Waals surface area (Å²) in [6, 6.07) is 7.16. The molecular formula is C13H12ClN2O2-. The predicted octanol–water partition coefficient (Wildman–Crippen LogP) is 2.01. The highest BCUT2D eigenvalue weighted by molar-refractivity contribution is 6.32. The molecule has 0 N–H and O–H groups in total. The first-order valence-electron chi connectivity index (χ1n) is 5.56. The molecule has 2 rings (SSSR count). The van der Waals surface area contributed by atoms with E-state index < -0.39 is 5.97 Å². The third-order valence-corrected chi connectivity index (χ3v) is 2.97. The van der Waals surface area contributed by atoms with Gasteiger partial charge in [-0.1, -0.05) is 37.6 Å². The maximum absolute atomic E-state index is 11.1. The van der Waals surface area contributed by atoms with Crippen LogP contribution < -0.4 is 5.11 Å². The summed E-state index contributed by atoms with van der Waals surface area (Å²) in [6.45, 7) is 3.80. The molecule has 18 heavy (non-hydrogen) atoms. The summed E-state index contributed by atoms with van der Waals surface area (Å²) in [4.78, 5) is 11.1. The van der Waals surface area contributed by atoms with Gasteiger partial charge in [0.2, 0.25) is 0 Å². The lowest BCUT2D eigenvalue weighted by molar-refractivity contribution is -0.255. The Morgan fingerprint density at radius 1 is 1.39 bits per heavy atom. The SMILES string of the molecule is CC(C)c1c(C(=O)[O-])cnn1-c1ccccc1Cl. The third kappa shape index (κ3) is 2.11. The fourth-order valence-electron chi connectivity index (χ4n) is 1.89. The molecule has 0 aliphatic carbocycles. The van der Waals surface area contributed by atoms with Crippen LogP contribution >= 0.6 is 11.6 Å². The van der Waals surface area contributed by atoms with Crippen LogP contribution in [0.1, 0.15) is 35.8 Å². The lowest BCUT2D eigenvalue weighted by Gasteiger charge is -2.14. The normalized spacial score (nSPS) is 10.9. The Morgan fingerprint density at radius 2 is 2.06 bits per heavy atom. The number of nitrogens with zero attached hydrogens (tertiary/aromatic N) is 2. The topological polar surface area (TPSA) is 57.9 Å². The minimum Gasteiger partial charge on any atom is -0.545 e. The van der Waals surface area contributed by atoms with Crippen molar-refractivity contribution in [1.82, 2.24) is 9.78 Å². The van der Waals surface area contributed by atoms with Crippen molar-refractivity contribution in [3.05, 3.63) is 46.7 Å². The summed E-state index contributed by atoms with van der Waals surface area (Å²) in [6.07, 6.45) is 1.30. The van der Waals surface area contributed by atoms with Crippen molar-refractivity contribution in [1.29, 1.82) is 0 Å². The van der Waals surface area contributed by atoms with Crippen molar-refractivity contribution in [2.75, 3.05) is 0 Å². The highest BCUT2D eigenvalue weighted by Crippen LogP contribution is 2.26. The summed E-state index contributed by atoms with van der Waals surface area (Å²) >= 11 is 6.10. The Kier molecular flexibility index (Phi) is 3.39. The van der Waals surface area contributed by atoms with E-state index in [1.165, 1.54) is 6.20 Å². The average Bonchev–Trinajstić information content (AvgIpc) is 2.74. The zero-order chi connectivity index (χ0) is 13.3. The lowest BCUT2D eigenvalue weighted by atomic mass is 10.1. The molecule has 0 saturated carbocycles. The summed E-state index contributed by atoms with van der Waals surface area (Å²) in [5, 5.41) is 15.7. The highest BCUT2D eigenvalue weighted by atomic mass is 35.5. The summed E-state index contributed by atoms with van der Waals surface area (Å²) in [7, 11) is 0. The smallest absolute Gasteiger partial charge is 0.0835 e. The average molecular weight is 264 g/mol. The van der Waals surface area contributed by atoms with Crippen LogP contribution in [0.3, 0.4) is 0 Å². The van der Waals surface area contributed by atoms with Crippen LogP contribution in [0, 0.1) is 0 Å². The van der Waals surface area contributed by atoms with Gasteiger partial charge in [-0.15, -0.1) is 0 Å². The first-order chi connectivity index (χ1) is 8.52. The molecule has 0 radical (unpaired) electrons. The number of carbonyl (C=O) groups is 1. The van der Waals surface area contributed by atoms with E-state index >= 15 is 0 Å². The third-order valence-electron chi connectivity index (χ3n) is 2.65. The van der Waals surface area contributed by atoms with Gasteiger partial charge in [0.25, 0.3) is 0 Å². The van der Waals surface area contributed by atoms with Crippen LogP contribution in [0.4, 0.5) is 0 Å². The van der Waals surface area contributed by atoms with Gasteiger partial charge in [-0.3, -0.25) is 0 Å². The van der Waals surface area contributed by atoms with Gasteiger partial charge in [-0.2, -0.15) is 5.10 Å². The molecule has 0 bridgehead atoms. The van der Waals surface area contributed by atoms with Crippen LogP contribution in [-0.2, 0) is 0 Å². The number of halogens is 1. The molecule has 0 fully saturated rings. The molecule has 0 unspecified atom stereocenters. The summed E-state index contributed by atoms with van der Waals surface area (Å²) in [5.74, 6) is -1.23. The maximum atomic E-state index is 11.1. The molecule has 0 aliphatic heterocycles. The fraction of sp³-hybridized carbons (Fsp3) is 0.231. The van der Waals surface area contributed by atoms with Crippen LogP contribution in [-0.4, -0.2) is 15.7 Å². The first kappa shape index (κ1) is 12.6. The molecule has 4 nitrogen and oxygen atoms in total. The van der Waals surface area contributed by atoms with E-state index in [0.29, 0.717) is 16.4 Å². The van der Waals surface area contributed by atoms with Gasteiger partial charge in [-0.25, -0.2) is 4.68 Å². The number of carbonyl (C=O) groups excluding carboxylic acids is 1. The van der Waals surface area contributed by atoms with Crippen LogP contribution in [0.15, 0.2) is 30.5 Å². The van der Waals surface area contributed by atoms with Crippen LogP contribution in [0.25, 0.3) is 5.69 Å². The Morgan fingerprint density at radius 3 is 2.61 bits per heavy atom. The Hall–Kier alpha value is -1.81. The van der Waals surface area contributed by atoms with E-state index in [0.717, 1.165) is 0 Å². The highest BCUT2D eigenvalue weighted by Gasteiger charge is 2.17. The van der Waals surface area contributed by atoms with E-state index in [-0.39, 0.29) is 11.5 Å². The van der Waals surface area contributed by atoms with Crippen LogP contribution in [0.5, 0.6) is 0 Å². The van der Waals surface area contributed by atoms with Gasteiger partial charge < -0.3 is 9.90 Å². The molecule has 5 heteroatoms. The quantitative estimate of drug-likeness (QED) is 0.851. The molecule has 0 saturated heterocycles. The second kappa shape index (κ2) is 4.82. The standard InChI is InChI=1S/C13H13ClN2O2/c1-8(2)12-9(13(17)18)7-15-16(12)11-6-4-3-5-10(11)14/h3-8H,1-2H3,(H,17,18)/p-1. The second-order valence-corrected chi connectivity index (χ2v) is 4.66. The monoisotopic (exact) mass is 263 g/mol. The molecule has 2 aromatic rings. The molecule has 0 spiro atoms. The van der Waals surface area contributed by atoms with E-state index in [9.17, 15) is 9.90 Å². The van der Waals surface area contributed by atoms with Gasteiger partial charge in [0.1, 0.15) is 0 Å². The minimum absolute atomic E-state index is 0.00308. The largest absolute Gasteiger partial charge is 0.545 e. The molecule has 94 valence electrons. The van der Waals surface area contributed by atoms with Gasteiger partial charge in [-0.05, 0) is 18.1 Å². The van der Waals surface area contributed by atoms with Crippen molar-refractivity contribution >= 4 is 17.6 Å². The zero-order valence-corrected chi connectivity index (χ0v) is 10.8. The number of benzene rings is 1. The van der Waals surface area contributed by atoms with Gasteiger partial charge in [0.05, 0.1) is 28.6 Å². The molecule has 1 aromatic heterocycles. The minimum atomic E-state index is -1.22. The maximum Gasteiger partial charge on any atom is 0.0835 e. The number of rotatable bonds is 3. The van der Waals surface area contributed by atoms with Crippen molar-refractivity contribution in [3.8, 4) is 5.69 Å². The summed E-state index contributed by atoms with van der Waals surface area (Å²) in [5.41, 5.74) is 1.35. The lowest BCUT2D eigenvalue weighted by Crippen LogP contribution is -2.24. The van der Waals surface area contributed by atoms with E-state index in [1.807, 2.05) is 26.0 Å². The van der Waals surface area contributed by atoms with Crippen molar-refractivity contribution in [3.63, 3.8) is 0 Å². The first-order valence-corrected chi connectivity index (χ1v) is 5.94. The van der Waals surface area contributed by atoms with E-state index in [2.05, 4.69) is 5.10 Å². The predicted molar refractivity (Wildman–Crippen MR) is 67.0 cm³/mol. The number of carboxylic acid groups (broad SMARTS) is 1. The molecular weight excluding hydrogens is 252 g/mol. The molecule has 1 aromatic carbocycles. The van der Waals surface area contributed by atoms with E-state index in [1.54, 1.807) is 16.8 Å². The Labute approximate surface area is 110 Å². The zero-order valence-electron chi connectivity index (χ0n) is 10.1. The molecule has 1 heterocycles. The van der Waals surface area contributed by atoms with E-state index in [4.69, 9.17) is 11.6 Å². The molecule has 0 atom stereocenters. The Balaban J connectivity index is 2.66. The second-order valence-electron chi connectivity index (χ2n) is 4.25. The molecule has 0 aliphatic rings. The summed E-state index contributed by atoms with van der Waals surface area (Å²) < 4.78 is 1.55. The van der Waals surface area contributed by atoms with Crippen molar-refractivity contribution < 1.29 is 9.90 Å². The Bertz CT molecular complexity index is 590. The number of hydrogen-bond acceptors (Lipinski definition) is 3.